The van der Waals surface area contributed by atoms with Crippen molar-refractivity contribution in [3.05, 3.63) is 24.3 Å². The smallest absolute Gasteiger partial charge is 0.240 e. The van der Waals surface area contributed by atoms with Crippen LogP contribution >= 0.6 is 0 Å². The first-order chi connectivity index (χ1) is 7.95. The van der Waals surface area contributed by atoms with Gasteiger partial charge in [-0.15, -0.1) is 0 Å². The zero-order valence-corrected chi connectivity index (χ0v) is 10.6. The van der Waals surface area contributed by atoms with Crippen LogP contribution in [0.1, 0.15) is 19.8 Å². The molecule has 0 aliphatic heterocycles. The molecule has 1 aromatic rings. The van der Waals surface area contributed by atoms with Crippen LogP contribution in [0.5, 0.6) is 0 Å². The fraction of sp³-hybridized carbons (Fsp3) is 0.455. The molecule has 0 saturated heterocycles. The predicted molar refractivity (Wildman–Crippen MR) is 67.0 cm³/mol. The van der Waals surface area contributed by atoms with Gasteiger partial charge in [0.15, 0.2) is 0 Å². The van der Waals surface area contributed by atoms with Crippen LogP contribution in [0, 0.1) is 0 Å². The number of benzene rings is 1. The van der Waals surface area contributed by atoms with Crippen LogP contribution < -0.4 is 10.5 Å². The zero-order chi connectivity index (χ0) is 12.9. The Morgan fingerprint density at radius 3 is 2.47 bits per heavy atom. The van der Waals surface area contributed by atoms with Gasteiger partial charge in [-0.25, -0.2) is 13.1 Å². The van der Waals surface area contributed by atoms with Gasteiger partial charge in [-0.2, -0.15) is 0 Å². The fourth-order valence-electron chi connectivity index (χ4n) is 1.37. The minimum absolute atomic E-state index is 0.0283. The molecule has 0 fully saturated rings. The molecule has 0 bridgehead atoms. The van der Waals surface area contributed by atoms with Crippen LogP contribution in [0.25, 0.3) is 0 Å². The molecule has 4 N–H and O–H groups in total. The molecular formula is C11H18N2O3S. The Morgan fingerprint density at radius 1 is 1.35 bits per heavy atom. The summed E-state index contributed by atoms with van der Waals surface area (Å²) in [5.74, 6) is 0. The lowest BCUT2D eigenvalue weighted by molar-refractivity contribution is 0.167. The topological polar surface area (TPSA) is 92.4 Å². The number of nitrogens with two attached hydrogens (primary N) is 1. The number of aliphatic hydroxyl groups excluding tert-OH is 1. The minimum atomic E-state index is -3.56. The molecular weight excluding hydrogens is 240 g/mol. The molecule has 1 aromatic carbocycles. The lowest BCUT2D eigenvalue weighted by atomic mass is 10.2. The standard InChI is InChI=1S/C11H18N2O3S/c1-2-3-10(14)8-13-17(15,16)11-6-4-9(12)5-7-11/h4-7,10,13-14H,2-3,8,12H2,1H3. The molecule has 0 saturated carbocycles. The summed E-state index contributed by atoms with van der Waals surface area (Å²) in [6, 6.07) is 5.92. The van der Waals surface area contributed by atoms with Gasteiger partial charge in [-0.05, 0) is 30.7 Å². The quantitative estimate of drug-likeness (QED) is 0.655. The number of hydrogen-bond acceptors (Lipinski definition) is 4. The first kappa shape index (κ1) is 14.0. The van der Waals surface area contributed by atoms with Crippen molar-refractivity contribution in [2.75, 3.05) is 12.3 Å². The lowest BCUT2D eigenvalue weighted by Gasteiger charge is -2.11. The normalized spacial score (nSPS) is 13.5. The van der Waals surface area contributed by atoms with Gasteiger partial charge in [-0.3, -0.25) is 0 Å². The second kappa shape index (κ2) is 6.00. The summed E-state index contributed by atoms with van der Waals surface area (Å²) in [5, 5.41) is 9.46. The van der Waals surface area contributed by atoms with E-state index in [9.17, 15) is 13.5 Å². The molecule has 0 radical (unpaired) electrons. The summed E-state index contributed by atoms with van der Waals surface area (Å²) in [5.41, 5.74) is 5.99. The molecule has 96 valence electrons. The van der Waals surface area contributed by atoms with E-state index in [1.807, 2.05) is 6.92 Å². The van der Waals surface area contributed by atoms with Gasteiger partial charge >= 0.3 is 0 Å². The SMILES string of the molecule is CCCC(O)CNS(=O)(=O)c1ccc(N)cc1. The Balaban J connectivity index is 2.66. The van der Waals surface area contributed by atoms with Crippen LogP contribution in [0.4, 0.5) is 5.69 Å². The van der Waals surface area contributed by atoms with Gasteiger partial charge in [0.1, 0.15) is 0 Å². The van der Waals surface area contributed by atoms with Crippen molar-refractivity contribution in [2.45, 2.75) is 30.8 Å². The molecule has 1 atom stereocenters. The third kappa shape index (κ3) is 4.33. The van der Waals surface area contributed by atoms with Crippen molar-refractivity contribution in [1.82, 2.24) is 4.72 Å². The van der Waals surface area contributed by atoms with Gasteiger partial charge in [0.25, 0.3) is 0 Å². The Labute approximate surface area is 102 Å². The number of aliphatic hydroxyl groups is 1. The summed E-state index contributed by atoms with van der Waals surface area (Å²) < 4.78 is 25.9. The predicted octanol–water partition coefficient (Wildman–Crippen LogP) is 0.708. The second-order valence-electron chi connectivity index (χ2n) is 3.86. The molecule has 5 nitrogen and oxygen atoms in total. The Kier molecular flexibility index (Phi) is 4.92. The highest BCUT2D eigenvalue weighted by Gasteiger charge is 2.15. The van der Waals surface area contributed by atoms with E-state index in [0.29, 0.717) is 12.1 Å². The highest BCUT2D eigenvalue weighted by Crippen LogP contribution is 2.11. The molecule has 0 aliphatic carbocycles. The van der Waals surface area contributed by atoms with E-state index in [1.165, 1.54) is 24.3 Å². The molecule has 0 aromatic heterocycles. The first-order valence-corrected chi connectivity index (χ1v) is 6.97. The van der Waals surface area contributed by atoms with E-state index < -0.39 is 16.1 Å². The molecule has 0 amide bonds. The summed E-state index contributed by atoms with van der Waals surface area (Å²) in [6.45, 7) is 1.96. The molecule has 0 heterocycles. The molecule has 0 aliphatic rings. The van der Waals surface area contributed by atoms with Crippen molar-refractivity contribution >= 4 is 15.7 Å². The molecule has 17 heavy (non-hydrogen) atoms. The number of rotatable bonds is 6. The van der Waals surface area contributed by atoms with Crippen molar-refractivity contribution in [3.63, 3.8) is 0 Å². The Morgan fingerprint density at radius 2 is 1.94 bits per heavy atom. The lowest BCUT2D eigenvalue weighted by Crippen LogP contribution is -2.32. The van der Waals surface area contributed by atoms with Crippen LogP contribution in [0.15, 0.2) is 29.2 Å². The number of sulfonamides is 1. The maximum absolute atomic E-state index is 11.8. The van der Waals surface area contributed by atoms with E-state index in [-0.39, 0.29) is 11.4 Å². The van der Waals surface area contributed by atoms with E-state index in [1.54, 1.807) is 0 Å². The van der Waals surface area contributed by atoms with Gasteiger partial charge < -0.3 is 10.8 Å². The highest BCUT2D eigenvalue weighted by atomic mass is 32.2. The highest BCUT2D eigenvalue weighted by molar-refractivity contribution is 7.89. The Hall–Kier alpha value is -1.11. The van der Waals surface area contributed by atoms with Crippen molar-refractivity contribution in [1.29, 1.82) is 0 Å². The number of anilines is 1. The molecule has 1 unspecified atom stereocenters. The Bertz CT molecular complexity index is 442. The number of nitrogen functional groups attached to an aromatic ring is 1. The average Bonchev–Trinajstić information content (AvgIpc) is 2.28. The minimum Gasteiger partial charge on any atom is -0.399 e. The van der Waals surface area contributed by atoms with Gasteiger partial charge in [0.05, 0.1) is 11.0 Å². The van der Waals surface area contributed by atoms with Crippen molar-refractivity contribution < 1.29 is 13.5 Å². The summed E-state index contributed by atoms with van der Waals surface area (Å²) >= 11 is 0. The molecule has 1 rings (SSSR count). The van der Waals surface area contributed by atoms with E-state index >= 15 is 0 Å². The fourth-order valence-corrected chi connectivity index (χ4v) is 2.44. The maximum atomic E-state index is 11.8. The third-order valence-electron chi connectivity index (χ3n) is 2.32. The van der Waals surface area contributed by atoms with E-state index in [4.69, 9.17) is 5.73 Å². The molecule has 6 heteroatoms. The summed E-state index contributed by atoms with van der Waals surface area (Å²) in [6.07, 6.45) is 0.734. The zero-order valence-electron chi connectivity index (χ0n) is 9.76. The second-order valence-corrected chi connectivity index (χ2v) is 5.63. The van der Waals surface area contributed by atoms with Crippen molar-refractivity contribution in [2.24, 2.45) is 0 Å². The third-order valence-corrected chi connectivity index (χ3v) is 3.76. The summed E-state index contributed by atoms with van der Waals surface area (Å²) in [7, 11) is -3.56. The van der Waals surface area contributed by atoms with E-state index in [0.717, 1.165) is 6.42 Å². The van der Waals surface area contributed by atoms with Crippen LogP contribution in [0.3, 0.4) is 0 Å². The van der Waals surface area contributed by atoms with Gasteiger partial charge in [0, 0.05) is 12.2 Å². The van der Waals surface area contributed by atoms with Crippen LogP contribution in [-0.2, 0) is 10.0 Å². The first-order valence-electron chi connectivity index (χ1n) is 5.49. The summed E-state index contributed by atoms with van der Waals surface area (Å²) in [4.78, 5) is 0.149. The van der Waals surface area contributed by atoms with E-state index in [2.05, 4.69) is 4.72 Å². The number of nitrogens with one attached hydrogen (secondary N) is 1. The van der Waals surface area contributed by atoms with Crippen molar-refractivity contribution in [3.8, 4) is 0 Å². The molecule has 0 spiro atoms. The maximum Gasteiger partial charge on any atom is 0.240 e. The monoisotopic (exact) mass is 258 g/mol. The van der Waals surface area contributed by atoms with Gasteiger partial charge in [-0.1, -0.05) is 13.3 Å². The largest absolute Gasteiger partial charge is 0.399 e. The average molecular weight is 258 g/mol. The van der Waals surface area contributed by atoms with Gasteiger partial charge in [0.2, 0.25) is 10.0 Å². The van der Waals surface area contributed by atoms with Crippen LogP contribution in [-0.4, -0.2) is 26.2 Å². The number of hydrogen-bond donors (Lipinski definition) is 3. The van der Waals surface area contributed by atoms with Crippen LogP contribution in [0.2, 0.25) is 0 Å².